The van der Waals surface area contributed by atoms with E-state index in [-0.39, 0.29) is 5.41 Å². The molecule has 0 aromatic heterocycles. The third kappa shape index (κ3) is 4.11. The molecule has 0 radical (unpaired) electrons. The van der Waals surface area contributed by atoms with Gasteiger partial charge in [0.15, 0.2) is 0 Å². The number of nitrogens with zero attached hydrogens (tertiary/aromatic N) is 1. The number of hydrogen-bond donors (Lipinski definition) is 0. The molecule has 0 unspecified atom stereocenters. The van der Waals surface area contributed by atoms with Gasteiger partial charge in [-0.2, -0.15) is 5.26 Å². The Balaban J connectivity index is 2.62. The van der Waals surface area contributed by atoms with Crippen LogP contribution in [-0.2, 0) is 0 Å². The summed E-state index contributed by atoms with van der Waals surface area (Å²) in [5, 5.41) is 8.93. The molecule has 92 valence electrons. The van der Waals surface area contributed by atoms with Gasteiger partial charge < -0.3 is 4.74 Å². The summed E-state index contributed by atoms with van der Waals surface area (Å²) in [4.78, 5) is 0. The maximum atomic E-state index is 8.93. The normalized spacial score (nSPS) is 11.3. The summed E-state index contributed by atoms with van der Waals surface area (Å²) in [5.41, 5.74) is 0.912. The molecule has 0 amide bonds. The molecule has 0 saturated heterocycles. The van der Waals surface area contributed by atoms with E-state index in [1.54, 1.807) is 0 Å². The van der Waals surface area contributed by atoms with Gasteiger partial charge >= 0.3 is 0 Å². The molecule has 2 heteroatoms. The molecule has 0 aliphatic carbocycles. The van der Waals surface area contributed by atoms with Crippen molar-refractivity contribution < 1.29 is 4.74 Å². The maximum absolute atomic E-state index is 8.93. The molecule has 2 nitrogen and oxygen atoms in total. The van der Waals surface area contributed by atoms with Crippen LogP contribution >= 0.6 is 0 Å². The number of rotatable bonds is 5. The standard InChI is InChI=1S/C15H21NO/c1-12(2)13-7-5-6-8-14(13)17-10-9-15(3,4)11-16/h5-8,12H,9-10H2,1-4H3. The van der Waals surface area contributed by atoms with Crippen molar-refractivity contribution in [3.05, 3.63) is 29.8 Å². The zero-order valence-corrected chi connectivity index (χ0v) is 11.2. The van der Waals surface area contributed by atoms with E-state index in [1.165, 1.54) is 5.56 Å². The molecular formula is C15H21NO. The first kappa shape index (κ1) is 13.6. The van der Waals surface area contributed by atoms with E-state index < -0.39 is 0 Å². The Kier molecular flexibility index (Phi) is 4.57. The summed E-state index contributed by atoms with van der Waals surface area (Å²) >= 11 is 0. The minimum atomic E-state index is -0.313. The van der Waals surface area contributed by atoms with E-state index in [1.807, 2.05) is 32.0 Å². The molecule has 0 bridgehead atoms. The second-order valence-electron chi connectivity index (χ2n) is 5.29. The number of benzene rings is 1. The number of para-hydroxylation sites is 1. The van der Waals surface area contributed by atoms with Crippen LogP contribution in [0.2, 0.25) is 0 Å². The van der Waals surface area contributed by atoms with Gasteiger partial charge in [-0.25, -0.2) is 0 Å². The number of ether oxygens (including phenoxy) is 1. The van der Waals surface area contributed by atoms with Crippen LogP contribution in [0.15, 0.2) is 24.3 Å². The SMILES string of the molecule is CC(C)c1ccccc1OCCC(C)(C)C#N. The first-order valence-corrected chi connectivity index (χ1v) is 6.09. The molecule has 0 N–H and O–H groups in total. The van der Waals surface area contributed by atoms with E-state index in [0.717, 1.165) is 12.2 Å². The van der Waals surface area contributed by atoms with E-state index in [9.17, 15) is 0 Å². The van der Waals surface area contributed by atoms with Gasteiger partial charge in [-0.3, -0.25) is 0 Å². The van der Waals surface area contributed by atoms with Crippen LogP contribution < -0.4 is 4.74 Å². The van der Waals surface area contributed by atoms with Gasteiger partial charge in [0.05, 0.1) is 18.1 Å². The smallest absolute Gasteiger partial charge is 0.122 e. The summed E-state index contributed by atoms with van der Waals surface area (Å²) in [7, 11) is 0. The molecule has 1 aromatic rings. The van der Waals surface area contributed by atoms with Crippen LogP contribution in [0.1, 0.15) is 45.6 Å². The Morgan fingerprint density at radius 3 is 2.53 bits per heavy atom. The lowest BCUT2D eigenvalue weighted by molar-refractivity contribution is 0.261. The van der Waals surface area contributed by atoms with E-state index in [4.69, 9.17) is 10.00 Å². The van der Waals surface area contributed by atoms with Gasteiger partial charge in [0, 0.05) is 0 Å². The van der Waals surface area contributed by atoms with Crippen LogP contribution in [0.25, 0.3) is 0 Å². The van der Waals surface area contributed by atoms with Crippen molar-refractivity contribution >= 4 is 0 Å². The van der Waals surface area contributed by atoms with E-state index >= 15 is 0 Å². The molecule has 17 heavy (non-hydrogen) atoms. The lowest BCUT2D eigenvalue weighted by Gasteiger charge is -2.17. The van der Waals surface area contributed by atoms with Crippen molar-refractivity contribution in [2.24, 2.45) is 5.41 Å². The largest absolute Gasteiger partial charge is 0.493 e. The minimum absolute atomic E-state index is 0.313. The second kappa shape index (κ2) is 5.72. The van der Waals surface area contributed by atoms with Crippen LogP contribution in [0.3, 0.4) is 0 Å². The lowest BCUT2D eigenvalue weighted by Crippen LogP contribution is -2.13. The summed E-state index contributed by atoms with van der Waals surface area (Å²) in [5.74, 6) is 1.39. The average Bonchev–Trinajstić information content (AvgIpc) is 2.29. The Bertz CT molecular complexity index is 402. The first-order chi connectivity index (χ1) is 7.96. The molecule has 0 spiro atoms. The summed E-state index contributed by atoms with van der Waals surface area (Å²) < 4.78 is 5.79. The van der Waals surface area contributed by atoms with Crippen LogP contribution in [0, 0.1) is 16.7 Å². The van der Waals surface area contributed by atoms with Crippen molar-refractivity contribution in [3.8, 4) is 11.8 Å². The van der Waals surface area contributed by atoms with Gasteiger partial charge in [0.1, 0.15) is 5.75 Å². The third-order valence-electron chi connectivity index (χ3n) is 2.83. The Morgan fingerprint density at radius 1 is 1.29 bits per heavy atom. The highest BCUT2D eigenvalue weighted by Crippen LogP contribution is 2.27. The highest BCUT2D eigenvalue weighted by molar-refractivity contribution is 5.35. The lowest BCUT2D eigenvalue weighted by atomic mass is 9.92. The van der Waals surface area contributed by atoms with Crippen molar-refractivity contribution in [1.82, 2.24) is 0 Å². The molecule has 0 aliphatic heterocycles. The van der Waals surface area contributed by atoms with Crippen LogP contribution in [0.5, 0.6) is 5.75 Å². The minimum Gasteiger partial charge on any atom is -0.493 e. The second-order valence-corrected chi connectivity index (χ2v) is 5.29. The molecule has 0 aliphatic rings. The number of nitriles is 1. The monoisotopic (exact) mass is 231 g/mol. The average molecular weight is 231 g/mol. The Hall–Kier alpha value is -1.49. The maximum Gasteiger partial charge on any atom is 0.122 e. The molecule has 0 heterocycles. The topological polar surface area (TPSA) is 33.0 Å². The Labute approximate surface area is 104 Å². The highest BCUT2D eigenvalue weighted by atomic mass is 16.5. The van der Waals surface area contributed by atoms with Crippen molar-refractivity contribution in [1.29, 1.82) is 5.26 Å². The highest BCUT2D eigenvalue weighted by Gasteiger charge is 2.16. The fraction of sp³-hybridized carbons (Fsp3) is 0.533. The predicted octanol–water partition coefficient (Wildman–Crippen LogP) is 4.13. The molecular weight excluding hydrogens is 210 g/mol. The van der Waals surface area contributed by atoms with Gasteiger partial charge in [-0.05, 0) is 37.8 Å². The van der Waals surface area contributed by atoms with Crippen molar-refractivity contribution in [3.63, 3.8) is 0 Å². The Morgan fingerprint density at radius 2 is 1.94 bits per heavy atom. The van der Waals surface area contributed by atoms with Crippen LogP contribution in [-0.4, -0.2) is 6.61 Å². The molecule has 0 atom stereocenters. The fourth-order valence-electron chi connectivity index (χ4n) is 1.56. The molecule has 1 rings (SSSR count). The van der Waals surface area contributed by atoms with E-state index in [0.29, 0.717) is 12.5 Å². The summed E-state index contributed by atoms with van der Waals surface area (Å²) in [6.07, 6.45) is 0.746. The van der Waals surface area contributed by atoms with Gasteiger partial charge in [0.2, 0.25) is 0 Å². The quantitative estimate of drug-likeness (QED) is 0.763. The van der Waals surface area contributed by atoms with Gasteiger partial charge in [0.25, 0.3) is 0 Å². The molecule has 1 aromatic carbocycles. The molecule has 0 saturated carbocycles. The van der Waals surface area contributed by atoms with Gasteiger partial charge in [-0.1, -0.05) is 32.0 Å². The number of hydrogen-bond acceptors (Lipinski definition) is 2. The third-order valence-corrected chi connectivity index (χ3v) is 2.83. The summed E-state index contributed by atoms with van der Waals surface area (Å²) in [6.45, 7) is 8.77. The van der Waals surface area contributed by atoms with E-state index in [2.05, 4.69) is 26.0 Å². The first-order valence-electron chi connectivity index (χ1n) is 6.09. The predicted molar refractivity (Wildman–Crippen MR) is 70.0 cm³/mol. The van der Waals surface area contributed by atoms with Gasteiger partial charge in [-0.15, -0.1) is 0 Å². The van der Waals surface area contributed by atoms with Crippen molar-refractivity contribution in [2.75, 3.05) is 6.61 Å². The fourth-order valence-corrected chi connectivity index (χ4v) is 1.56. The zero-order chi connectivity index (χ0) is 12.9. The summed E-state index contributed by atoms with van der Waals surface area (Å²) in [6, 6.07) is 10.4. The molecule has 0 fully saturated rings. The van der Waals surface area contributed by atoms with Crippen molar-refractivity contribution in [2.45, 2.75) is 40.0 Å². The van der Waals surface area contributed by atoms with Crippen LogP contribution in [0.4, 0.5) is 0 Å². The zero-order valence-electron chi connectivity index (χ0n) is 11.2.